The summed E-state index contributed by atoms with van der Waals surface area (Å²) in [4.78, 5) is 18.1. The number of benzene rings is 3. The van der Waals surface area contributed by atoms with E-state index in [-0.39, 0.29) is 11.9 Å². The second-order valence-electron chi connectivity index (χ2n) is 10.8. The van der Waals surface area contributed by atoms with Crippen molar-refractivity contribution in [1.82, 2.24) is 9.80 Å². The third-order valence-corrected chi connectivity index (χ3v) is 8.09. The van der Waals surface area contributed by atoms with Gasteiger partial charge in [-0.3, -0.25) is 4.79 Å². The van der Waals surface area contributed by atoms with Crippen molar-refractivity contribution < 1.29 is 18.0 Å². The quantitative estimate of drug-likeness (QED) is 0.291. The Labute approximate surface area is 234 Å². The zero-order valence-corrected chi connectivity index (χ0v) is 22.6. The van der Waals surface area contributed by atoms with Crippen LogP contribution in [0.15, 0.2) is 84.9 Å². The van der Waals surface area contributed by atoms with Crippen molar-refractivity contribution >= 4 is 23.4 Å². The Morgan fingerprint density at radius 1 is 0.850 bits per heavy atom. The van der Waals surface area contributed by atoms with Gasteiger partial charge in [-0.05, 0) is 79.3 Å². The number of halogens is 3. The van der Waals surface area contributed by atoms with E-state index in [0.29, 0.717) is 18.2 Å². The van der Waals surface area contributed by atoms with Gasteiger partial charge in [0.2, 0.25) is 5.91 Å². The molecule has 1 N–H and O–H groups in total. The molecule has 0 atom stereocenters. The van der Waals surface area contributed by atoms with Crippen LogP contribution in [0.3, 0.4) is 0 Å². The van der Waals surface area contributed by atoms with Gasteiger partial charge in [0.05, 0.1) is 5.56 Å². The summed E-state index contributed by atoms with van der Waals surface area (Å²) < 4.78 is 38.8. The maximum absolute atomic E-state index is 13.5. The Morgan fingerprint density at radius 2 is 1.48 bits per heavy atom. The highest BCUT2D eigenvalue weighted by Gasteiger charge is 2.31. The number of nitrogens with one attached hydrogen (secondary N) is 1. The molecule has 1 saturated heterocycles. The molecule has 1 amide bonds. The third-order valence-electron chi connectivity index (χ3n) is 8.09. The lowest BCUT2D eigenvalue weighted by atomic mass is 9.99. The largest absolute Gasteiger partial charge is 0.416 e. The molecule has 2 aliphatic rings. The summed E-state index contributed by atoms with van der Waals surface area (Å²) in [7, 11) is 0. The van der Waals surface area contributed by atoms with Crippen LogP contribution in [0, 0.1) is 0 Å². The SMILES string of the molecule is O=C(C=Cc1ccc(C(F)(F)F)cc1)N(Cc1ccc(Nc2ccccc2)cc1)C1CCN(C2CCCC2)CC1. The van der Waals surface area contributed by atoms with E-state index in [2.05, 4.69) is 10.2 Å². The van der Waals surface area contributed by atoms with Crippen LogP contribution < -0.4 is 5.32 Å². The van der Waals surface area contributed by atoms with Crippen LogP contribution in [0.2, 0.25) is 0 Å². The lowest BCUT2D eigenvalue weighted by Crippen LogP contribution is -2.48. The van der Waals surface area contributed by atoms with Crippen molar-refractivity contribution in [1.29, 1.82) is 0 Å². The van der Waals surface area contributed by atoms with Crippen molar-refractivity contribution in [3.05, 3.63) is 102 Å². The maximum atomic E-state index is 13.5. The van der Waals surface area contributed by atoms with Crippen molar-refractivity contribution in [3.8, 4) is 0 Å². The van der Waals surface area contributed by atoms with Gasteiger partial charge in [-0.1, -0.05) is 55.3 Å². The first kappa shape index (κ1) is 28.0. The second kappa shape index (κ2) is 12.7. The molecule has 3 aromatic carbocycles. The van der Waals surface area contributed by atoms with Crippen molar-refractivity contribution in [2.45, 2.75) is 63.3 Å². The topological polar surface area (TPSA) is 35.6 Å². The summed E-state index contributed by atoms with van der Waals surface area (Å²) in [5.41, 5.74) is 2.88. The van der Waals surface area contributed by atoms with Crippen LogP contribution in [0.25, 0.3) is 6.08 Å². The molecule has 210 valence electrons. The van der Waals surface area contributed by atoms with Crippen LogP contribution in [0.5, 0.6) is 0 Å². The maximum Gasteiger partial charge on any atom is 0.416 e. The Morgan fingerprint density at radius 3 is 2.10 bits per heavy atom. The molecule has 0 bridgehead atoms. The lowest BCUT2D eigenvalue weighted by molar-refractivity contribution is -0.137. The third kappa shape index (κ3) is 7.33. The van der Waals surface area contributed by atoms with Crippen LogP contribution in [0.4, 0.5) is 24.5 Å². The number of amides is 1. The van der Waals surface area contributed by atoms with Crippen molar-refractivity contribution in [2.24, 2.45) is 0 Å². The Bertz CT molecular complexity index is 1260. The average Bonchev–Trinajstić information content (AvgIpc) is 3.51. The zero-order chi connectivity index (χ0) is 28.0. The van der Waals surface area contributed by atoms with Gasteiger partial charge in [0.25, 0.3) is 0 Å². The fraction of sp³-hybridized carbons (Fsp3) is 0.364. The molecular formula is C33H36F3N3O. The number of anilines is 2. The average molecular weight is 548 g/mol. The molecule has 4 nitrogen and oxygen atoms in total. The van der Waals surface area contributed by atoms with E-state index in [9.17, 15) is 18.0 Å². The number of alkyl halides is 3. The zero-order valence-electron chi connectivity index (χ0n) is 22.6. The number of nitrogens with zero attached hydrogens (tertiary/aromatic N) is 2. The first-order chi connectivity index (χ1) is 19.3. The van der Waals surface area contributed by atoms with Crippen LogP contribution in [-0.2, 0) is 17.5 Å². The first-order valence-electron chi connectivity index (χ1n) is 14.2. The van der Waals surface area contributed by atoms with Crippen LogP contribution >= 0.6 is 0 Å². The molecule has 2 fully saturated rings. The number of rotatable bonds is 8. The van der Waals surface area contributed by atoms with E-state index < -0.39 is 11.7 Å². The molecule has 40 heavy (non-hydrogen) atoms. The van der Waals surface area contributed by atoms with Crippen molar-refractivity contribution in [2.75, 3.05) is 18.4 Å². The Hall–Kier alpha value is -3.58. The number of hydrogen-bond acceptors (Lipinski definition) is 3. The Balaban J connectivity index is 1.28. The molecule has 1 saturated carbocycles. The first-order valence-corrected chi connectivity index (χ1v) is 14.2. The fourth-order valence-electron chi connectivity index (χ4n) is 5.84. The summed E-state index contributed by atoms with van der Waals surface area (Å²) in [6.07, 6.45) is 5.72. The molecule has 1 heterocycles. The summed E-state index contributed by atoms with van der Waals surface area (Å²) in [5.74, 6) is -0.120. The molecule has 0 spiro atoms. The second-order valence-corrected chi connectivity index (χ2v) is 10.8. The van der Waals surface area contributed by atoms with E-state index in [4.69, 9.17) is 0 Å². The molecule has 0 radical (unpaired) electrons. The number of hydrogen-bond donors (Lipinski definition) is 1. The Kier molecular flexibility index (Phi) is 8.90. The van der Waals surface area contributed by atoms with Crippen molar-refractivity contribution in [3.63, 3.8) is 0 Å². The number of piperidine rings is 1. The fourth-order valence-corrected chi connectivity index (χ4v) is 5.84. The van der Waals surface area contributed by atoms with Gasteiger partial charge >= 0.3 is 6.18 Å². The van der Waals surface area contributed by atoms with Gasteiger partial charge in [-0.2, -0.15) is 13.2 Å². The summed E-state index contributed by atoms with van der Waals surface area (Å²) >= 11 is 0. The minimum atomic E-state index is -4.38. The van der Waals surface area contributed by atoms with Gasteiger partial charge in [0.1, 0.15) is 0 Å². The summed E-state index contributed by atoms with van der Waals surface area (Å²) in [6, 6.07) is 23.8. The number of carbonyl (C=O) groups excluding carboxylic acids is 1. The van der Waals surface area contributed by atoms with E-state index in [0.717, 1.165) is 55.0 Å². The van der Waals surface area contributed by atoms with E-state index in [1.165, 1.54) is 43.9 Å². The number of likely N-dealkylation sites (tertiary alicyclic amines) is 1. The molecule has 0 aromatic heterocycles. The van der Waals surface area contributed by atoms with E-state index in [1.54, 1.807) is 6.08 Å². The predicted octanol–water partition coefficient (Wildman–Crippen LogP) is 7.90. The van der Waals surface area contributed by atoms with Crippen LogP contribution in [0.1, 0.15) is 55.2 Å². The smallest absolute Gasteiger partial charge is 0.356 e. The number of para-hydroxylation sites is 1. The monoisotopic (exact) mass is 547 g/mol. The normalized spacial score (nSPS) is 17.4. The predicted molar refractivity (Wildman–Crippen MR) is 154 cm³/mol. The molecule has 7 heteroatoms. The standard InChI is InChI=1S/C33H36F3N3O/c34-33(35,36)27-15-10-25(11-16-27)14-19-32(40)39(31-20-22-38(23-21-31)30-8-4-5-9-30)24-26-12-17-29(18-13-26)37-28-6-2-1-3-7-28/h1-3,6-7,10-19,30-31,37H,4-5,8-9,20-24H2. The summed E-state index contributed by atoms with van der Waals surface area (Å²) in [5, 5.41) is 3.39. The molecule has 5 rings (SSSR count). The van der Waals surface area contributed by atoms with E-state index in [1.807, 2.05) is 59.5 Å². The molecule has 3 aromatic rings. The lowest BCUT2D eigenvalue weighted by Gasteiger charge is -2.40. The molecular weight excluding hydrogens is 511 g/mol. The van der Waals surface area contributed by atoms with E-state index >= 15 is 0 Å². The van der Waals surface area contributed by atoms with Gasteiger partial charge in [-0.25, -0.2) is 0 Å². The molecule has 0 unspecified atom stereocenters. The van der Waals surface area contributed by atoms with Gasteiger partial charge < -0.3 is 15.1 Å². The van der Waals surface area contributed by atoms with Crippen LogP contribution in [-0.4, -0.2) is 40.9 Å². The van der Waals surface area contributed by atoms with Gasteiger partial charge in [0, 0.05) is 49.2 Å². The van der Waals surface area contributed by atoms with Gasteiger partial charge in [0.15, 0.2) is 0 Å². The highest BCUT2D eigenvalue weighted by Crippen LogP contribution is 2.30. The number of carbonyl (C=O) groups is 1. The molecule has 1 aliphatic carbocycles. The summed E-state index contributed by atoms with van der Waals surface area (Å²) in [6.45, 7) is 2.46. The molecule has 1 aliphatic heterocycles. The minimum absolute atomic E-state index is 0.115. The highest BCUT2D eigenvalue weighted by atomic mass is 19.4. The van der Waals surface area contributed by atoms with Gasteiger partial charge in [-0.15, -0.1) is 0 Å². The highest BCUT2D eigenvalue weighted by molar-refractivity contribution is 5.92. The minimum Gasteiger partial charge on any atom is -0.356 e.